The van der Waals surface area contributed by atoms with Gasteiger partial charge in [0.25, 0.3) is 5.91 Å². The number of hydrogen-bond donors (Lipinski definition) is 2. The van der Waals surface area contributed by atoms with Gasteiger partial charge in [-0.2, -0.15) is 0 Å². The molecular formula is C21H30N6O3. The normalized spacial score (nSPS) is 24.4. The number of amides is 4. The van der Waals surface area contributed by atoms with Crippen LogP contribution in [0.15, 0.2) is 18.3 Å². The Morgan fingerprint density at radius 2 is 2.03 bits per heavy atom. The standard InChI is InChI=1S/C21H30N6O3/c1-25(2)12-16-7-6-15(10-22-16)19(28)26-8-9-27(18(13-26)14-4-3-5-14)20(29)17-11-23-21(30)24-17/h6-7,10,14,17-18H,3-5,8-9,11-13H2,1-2H3,(H2,23,24,30)/t17-,18?/m0/s1. The van der Waals surface area contributed by atoms with Gasteiger partial charge in [-0.3, -0.25) is 14.6 Å². The Bertz CT molecular complexity index is 807. The van der Waals surface area contributed by atoms with Crippen molar-refractivity contribution in [1.29, 1.82) is 0 Å². The molecule has 30 heavy (non-hydrogen) atoms. The molecule has 3 heterocycles. The summed E-state index contributed by atoms with van der Waals surface area (Å²) in [6.45, 7) is 2.55. The number of piperazine rings is 1. The number of carbonyl (C=O) groups excluding carboxylic acids is 3. The van der Waals surface area contributed by atoms with Crippen molar-refractivity contribution < 1.29 is 14.4 Å². The first-order chi connectivity index (χ1) is 14.4. The van der Waals surface area contributed by atoms with Crippen LogP contribution in [-0.2, 0) is 11.3 Å². The molecule has 2 aliphatic heterocycles. The van der Waals surface area contributed by atoms with E-state index < -0.39 is 6.04 Å². The van der Waals surface area contributed by atoms with Crippen molar-refractivity contribution in [2.75, 3.05) is 40.3 Å². The summed E-state index contributed by atoms with van der Waals surface area (Å²) >= 11 is 0. The summed E-state index contributed by atoms with van der Waals surface area (Å²) in [5.41, 5.74) is 1.50. The summed E-state index contributed by atoms with van der Waals surface area (Å²) in [6.07, 6.45) is 4.96. The number of pyridine rings is 1. The lowest BCUT2D eigenvalue weighted by molar-refractivity contribution is -0.139. The lowest BCUT2D eigenvalue weighted by atomic mass is 9.78. The van der Waals surface area contributed by atoms with Gasteiger partial charge in [-0.15, -0.1) is 0 Å². The van der Waals surface area contributed by atoms with Crippen molar-refractivity contribution in [2.24, 2.45) is 5.92 Å². The third kappa shape index (κ3) is 4.26. The fourth-order valence-corrected chi connectivity index (χ4v) is 4.45. The van der Waals surface area contributed by atoms with Gasteiger partial charge in [0.05, 0.1) is 17.3 Å². The Morgan fingerprint density at radius 3 is 2.60 bits per heavy atom. The van der Waals surface area contributed by atoms with E-state index in [9.17, 15) is 14.4 Å². The molecule has 0 spiro atoms. The molecule has 162 valence electrons. The van der Waals surface area contributed by atoms with Crippen LogP contribution in [0.4, 0.5) is 4.79 Å². The molecule has 1 aliphatic carbocycles. The first-order valence-corrected chi connectivity index (χ1v) is 10.7. The number of hydrogen-bond acceptors (Lipinski definition) is 5. The van der Waals surface area contributed by atoms with E-state index in [4.69, 9.17) is 0 Å². The van der Waals surface area contributed by atoms with Crippen LogP contribution in [0.5, 0.6) is 0 Å². The summed E-state index contributed by atoms with van der Waals surface area (Å²) < 4.78 is 0. The van der Waals surface area contributed by atoms with Crippen LogP contribution in [0.3, 0.4) is 0 Å². The van der Waals surface area contributed by atoms with Crippen LogP contribution in [0.1, 0.15) is 35.3 Å². The zero-order chi connectivity index (χ0) is 21.3. The van der Waals surface area contributed by atoms with Gasteiger partial charge in [-0.25, -0.2) is 4.79 Å². The van der Waals surface area contributed by atoms with Crippen LogP contribution >= 0.6 is 0 Å². The summed E-state index contributed by atoms with van der Waals surface area (Å²) in [7, 11) is 3.96. The van der Waals surface area contributed by atoms with E-state index in [-0.39, 0.29) is 23.9 Å². The number of rotatable bonds is 5. The van der Waals surface area contributed by atoms with Crippen molar-refractivity contribution in [3.8, 4) is 0 Å². The molecule has 0 radical (unpaired) electrons. The summed E-state index contributed by atoms with van der Waals surface area (Å²) in [6, 6.07) is 2.92. The average Bonchev–Trinajstić information content (AvgIpc) is 3.12. The second-order valence-corrected chi connectivity index (χ2v) is 8.72. The minimum Gasteiger partial charge on any atom is -0.336 e. The third-order valence-corrected chi connectivity index (χ3v) is 6.30. The second-order valence-electron chi connectivity index (χ2n) is 8.72. The highest BCUT2D eigenvalue weighted by Gasteiger charge is 2.42. The van der Waals surface area contributed by atoms with Gasteiger partial charge < -0.3 is 25.3 Å². The quantitative estimate of drug-likeness (QED) is 0.721. The van der Waals surface area contributed by atoms with Crippen molar-refractivity contribution in [3.63, 3.8) is 0 Å². The largest absolute Gasteiger partial charge is 0.336 e. The lowest BCUT2D eigenvalue weighted by Crippen LogP contribution is -2.62. The molecular weight excluding hydrogens is 384 g/mol. The molecule has 3 aliphatic rings. The number of aromatic nitrogens is 1. The topological polar surface area (TPSA) is 97.9 Å². The van der Waals surface area contributed by atoms with E-state index in [2.05, 4.69) is 15.6 Å². The zero-order valence-corrected chi connectivity index (χ0v) is 17.6. The van der Waals surface area contributed by atoms with E-state index in [1.54, 1.807) is 6.20 Å². The molecule has 2 saturated heterocycles. The van der Waals surface area contributed by atoms with Gasteiger partial charge in [-0.1, -0.05) is 6.42 Å². The van der Waals surface area contributed by atoms with Gasteiger partial charge in [0.1, 0.15) is 6.04 Å². The van der Waals surface area contributed by atoms with Crippen LogP contribution in [0.25, 0.3) is 0 Å². The van der Waals surface area contributed by atoms with Gasteiger partial charge in [0, 0.05) is 38.9 Å². The molecule has 1 aromatic heterocycles. The highest BCUT2D eigenvalue weighted by atomic mass is 16.2. The van der Waals surface area contributed by atoms with E-state index in [0.717, 1.165) is 31.5 Å². The Labute approximate surface area is 176 Å². The molecule has 1 saturated carbocycles. The van der Waals surface area contributed by atoms with Crippen LogP contribution in [0.2, 0.25) is 0 Å². The average molecular weight is 415 g/mol. The van der Waals surface area contributed by atoms with Crippen molar-refractivity contribution in [1.82, 2.24) is 30.3 Å². The fourth-order valence-electron chi connectivity index (χ4n) is 4.45. The predicted molar refractivity (Wildman–Crippen MR) is 111 cm³/mol. The second kappa shape index (κ2) is 8.59. The summed E-state index contributed by atoms with van der Waals surface area (Å²) in [4.78, 5) is 47.8. The van der Waals surface area contributed by atoms with Crippen LogP contribution < -0.4 is 10.6 Å². The van der Waals surface area contributed by atoms with Crippen LogP contribution in [0, 0.1) is 5.92 Å². The van der Waals surface area contributed by atoms with E-state index in [1.807, 2.05) is 40.9 Å². The zero-order valence-electron chi connectivity index (χ0n) is 17.6. The molecule has 0 aromatic carbocycles. The third-order valence-electron chi connectivity index (χ3n) is 6.30. The molecule has 1 aromatic rings. The summed E-state index contributed by atoms with van der Waals surface area (Å²) in [5.74, 6) is 0.327. The fraction of sp³-hybridized carbons (Fsp3) is 0.619. The molecule has 2 N–H and O–H groups in total. The Morgan fingerprint density at radius 1 is 1.23 bits per heavy atom. The molecule has 9 nitrogen and oxygen atoms in total. The van der Waals surface area contributed by atoms with E-state index in [0.29, 0.717) is 37.7 Å². The Balaban J connectivity index is 1.44. The van der Waals surface area contributed by atoms with Gasteiger partial charge >= 0.3 is 6.03 Å². The maximum Gasteiger partial charge on any atom is 0.315 e. The molecule has 3 fully saturated rings. The summed E-state index contributed by atoms with van der Waals surface area (Å²) in [5, 5.41) is 5.35. The molecule has 4 amide bonds. The molecule has 2 atom stereocenters. The maximum atomic E-state index is 13.1. The van der Waals surface area contributed by atoms with E-state index in [1.165, 1.54) is 0 Å². The predicted octanol–water partition coefficient (Wildman–Crippen LogP) is 0.278. The van der Waals surface area contributed by atoms with Gasteiger partial charge in [-0.05, 0) is 45.0 Å². The minimum atomic E-state index is -0.518. The van der Waals surface area contributed by atoms with Crippen molar-refractivity contribution in [3.05, 3.63) is 29.6 Å². The Kier molecular flexibility index (Phi) is 5.90. The highest BCUT2D eigenvalue weighted by molar-refractivity contribution is 5.94. The number of urea groups is 1. The molecule has 4 rings (SSSR count). The van der Waals surface area contributed by atoms with Gasteiger partial charge in [0.15, 0.2) is 0 Å². The van der Waals surface area contributed by atoms with Crippen LogP contribution in [-0.4, -0.2) is 89.9 Å². The number of carbonyl (C=O) groups is 3. The molecule has 1 unspecified atom stereocenters. The first kappa shape index (κ1) is 20.6. The Hall–Kier alpha value is -2.68. The lowest BCUT2D eigenvalue weighted by Gasteiger charge is -2.48. The number of nitrogens with one attached hydrogen (secondary N) is 2. The maximum absolute atomic E-state index is 13.1. The smallest absolute Gasteiger partial charge is 0.315 e. The highest BCUT2D eigenvalue weighted by Crippen LogP contribution is 2.34. The van der Waals surface area contributed by atoms with Crippen molar-refractivity contribution in [2.45, 2.75) is 37.9 Å². The van der Waals surface area contributed by atoms with Gasteiger partial charge in [0.2, 0.25) is 5.91 Å². The minimum absolute atomic E-state index is 0.00225. The van der Waals surface area contributed by atoms with E-state index >= 15 is 0 Å². The van der Waals surface area contributed by atoms with Crippen molar-refractivity contribution >= 4 is 17.8 Å². The monoisotopic (exact) mass is 414 g/mol. The number of nitrogens with zero attached hydrogens (tertiary/aromatic N) is 4. The molecule has 0 bridgehead atoms. The SMILES string of the molecule is CN(C)Cc1ccc(C(=O)N2CCN(C(=O)[C@@H]3CNC(=O)N3)C(C3CCC3)C2)cn1. The molecule has 9 heteroatoms. The first-order valence-electron chi connectivity index (χ1n) is 10.7.